The molecule has 0 radical (unpaired) electrons. The van der Waals surface area contributed by atoms with Crippen molar-refractivity contribution in [2.75, 3.05) is 5.32 Å². The molecule has 2 aromatic heterocycles. The minimum atomic E-state index is -0.267. The lowest BCUT2D eigenvalue weighted by atomic mass is 10.2. The van der Waals surface area contributed by atoms with Gasteiger partial charge in [0.2, 0.25) is 5.91 Å². The second-order valence-electron chi connectivity index (χ2n) is 4.64. The molecule has 0 bridgehead atoms. The summed E-state index contributed by atoms with van der Waals surface area (Å²) in [5.74, 6) is 0.273. The van der Waals surface area contributed by atoms with Gasteiger partial charge in [-0.1, -0.05) is 35.3 Å². The van der Waals surface area contributed by atoms with E-state index in [1.807, 2.05) is 12.1 Å². The van der Waals surface area contributed by atoms with Crippen molar-refractivity contribution in [2.45, 2.75) is 13.1 Å². The van der Waals surface area contributed by atoms with E-state index >= 15 is 0 Å². The number of amides is 1. The van der Waals surface area contributed by atoms with Gasteiger partial charge in [-0.15, -0.1) is 5.10 Å². The molecule has 0 unspecified atom stereocenters. The summed E-state index contributed by atoms with van der Waals surface area (Å²) in [5, 5.41) is 18.5. The molecule has 8 nitrogen and oxygen atoms in total. The molecule has 3 rings (SSSR count). The molecule has 3 aromatic rings. The Morgan fingerprint density at radius 2 is 2.13 bits per heavy atom. The zero-order valence-electron chi connectivity index (χ0n) is 11.7. The zero-order valence-corrected chi connectivity index (χ0v) is 13.2. The van der Waals surface area contributed by atoms with Crippen molar-refractivity contribution in [1.29, 1.82) is 0 Å². The molecule has 1 aromatic carbocycles. The maximum atomic E-state index is 12.0. The highest BCUT2D eigenvalue weighted by Crippen LogP contribution is 2.26. The third kappa shape index (κ3) is 3.66. The van der Waals surface area contributed by atoms with Crippen molar-refractivity contribution < 1.29 is 4.79 Å². The third-order valence-corrected chi connectivity index (χ3v) is 3.89. The van der Waals surface area contributed by atoms with E-state index in [2.05, 4.69) is 25.9 Å². The SMILES string of the molecule is O=C(Cn1cnnn1)Nc1ccnn1Cc1cccc(Cl)c1Cl. The Balaban J connectivity index is 1.72. The van der Waals surface area contributed by atoms with Crippen LogP contribution in [0.3, 0.4) is 0 Å². The van der Waals surface area contributed by atoms with E-state index in [4.69, 9.17) is 23.2 Å². The number of benzene rings is 1. The average Bonchev–Trinajstić information content (AvgIpc) is 3.16. The summed E-state index contributed by atoms with van der Waals surface area (Å²) in [6.45, 7) is 0.392. The number of tetrazole rings is 1. The van der Waals surface area contributed by atoms with Crippen molar-refractivity contribution in [3.63, 3.8) is 0 Å². The number of hydrogen-bond donors (Lipinski definition) is 1. The summed E-state index contributed by atoms with van der Waals surface area (Å²) < 4.78 is 2.94. The minimum Gasteiger partial charge on any atom is -0.309 e. The fourth-order valence-electron chi connectivity index (χ4n) is 1.98. The molecule has 0 atom stereocenters. The quantitative estimate of drug-likeness (QED) is 0.757. The molecule has 0 fully saturated rings. The molecular weight excluding hydrogens is 341 g/mol. The standard InChI is InChI=1S/C13H11Cl2N7O/c14-10-3-1-2-9(13(10)15)6-22-11(4-5-17-22)18-12(23)7-21-8-16-19-20-21/h1-5,8H,6-7H2,(H,18,23). The van der Waals surface area contributed by atoms with Crippen LogP contribution in [0.25, 0.3) is 0 Å². The molecule has 10 heteroatoms. The molecule has 1 N–H and O–H groups in total. The third-order valence-electron chi connectivity index (χ3n) is 3.03. The van der Waals surface area contributed by atoms with Crippen LogP contribution in [0.4, 0.5) is 5.82 Å². The van der Waals surface area contributed by atoms with Gasteiger partial charge in [-0.05, 0) is 22.1 Å². The second kappa shape index (κ2) is 6.76. The van der Waals surface area contributed by atoms with Gasteiger partial charge >= 0.3 is 0 Å². The Hall–Kier alpha value is -2.45. The zero-order chi connectivity index (χ0) is 16.2. The van der Waals surface area contributed by atoms with Gasteiger partial charge in [0.05, 0.1) is 22.8 Å². The molecule has 2 heterocycles. The van der Waals surface area contributed by atoms with Gasteiger partial charge in [-0.25, -0.2) is 9.36 Å². The first-order valence-electron chi connectivity index (χ1n) is 6.59. The smallest absolute Gasteiger partial charge is 0.247 e. The van der Waals surface area contributed by atoms with Gasteiger partial charge < -0.3 is 5.32 Å². The lowest BCUT2D eigenvalue weighted by molar-refractivity contribution is -0.117. The number of nitrogens with zero attached hydrogens (tertiary/aromatic N) is 6. The summed E-state index contributed by atoms with van der Waals surface area (Å²) in [6.07, 6.45) is 2.95. The predicted octanol–water partition coefficient (Wildman–Crippen LogP) is 1.86. The Labute approximate surface area is 141 Å². The first-order chi connectivity index (χ1) is 11.1. The van der Waals surface area contributed by atoms with Gasteiger partial charge in [0.1, 0.15) is 18.7 Å². The number of halogens is 2. The summed E-state index contributed by atoms with van der Waals surface area (Å²) >= 11 is 12.2. The number of aromatic nitrogens is 6. The Bertz CT molecular complexity index is 816. The van der Waals surface area contributed by atoms with E-state index in [0.717, 1.165) is 5.56 Å². The number of rotatable bonds is 5. The lowest BCUT2D eigenvalue weighted by Gasteiger charge is -2.10. The summed E-state index contributed by atoms with van der Waals surface area (Å²) in [5.41, 5.74) is 0.804. The molecule has 0 aliphatic rings. The van der Waals surface area contributed by atoms with Crippen LogP contribution in [0.5, 0.6) is 0 Å². The second-order valence-corrected chi connectivity index (χ2v) is 5.43. The highest BCUT2D eigenvalue weighted by atomic mass is 35.5. The molecule has 1 amide bonds. The normalized spacial score (nSPS) is 10.7. The summed E-state index contributed by atoms with van der Waals surface area (Å²) in [4.78, 5) is 12.0. The fourth-order valence-corrected chi connectivity index (χ4v) is 2.36. The predicted molar refractivity (Wildman–Crippen MR) is 84.2 cm³/mol. The van der Waals surface area contributed by atoms with E-state index in [9.17, 15) is 4.79 Å². The van der Waals surface area contributed by atoms with Gasteiger partial charge in [0.15, 0.2) is 0 Å². The van der Waals surface area contributed by atoms with Crippen LogP contribution in [-0.2, 0) is 17.9 Å². The maximum absolute atomic E-state index is 12.0. The van der Waals surface area contributed by atoms with E-state index in [1.54, 1.807) is 23.0 Å². The molecule has 0 saturated heterocycles. The monoisotopic (exact) mass is 351 g/mol. The van der Waals surface area contributed by atoms with E-state index < -0.39 is 0 Å². The van der Waals surface area contributed by atoms with Gasteiger partial charge in [0.25, 0.3) is 0 Å². The molecule has 0 aliphatic heterocycles. The summed E-state index contributed by atoms with van der Waals surface area (Å²) in [6, 6.07) is 7.06. The maximum Gasteiger partial charge on any atom is 0.247 e. The first kappa shape index (κ1) is 15.4. The molecule has 0 aliphatic carbocycles. The Kier molecular flexibility index (Phi) is 4.54. The molecule has 0 spiro atoms. The Morgan fingerprint density at radius 3 is 2.91 bits per heavy atom. The lowest BCUT2D eigenvalue weighted by Crippen LogP contribution is -2.21. The van der Waals surface area contributed by atoms with E-state index in [-0.39, 0.29) is 12.5 Å². The van der Waals surface area contributed by atoms with Gasteiger partial charge in [-0.3, -0.25) is 4.79 Å². The van der Waals surface area contributed by atoms with Crippen LogP contribution in [0.2, 0.25) is 10.0 Å². The molecule has 23 heavy (non-hydrogen) atoms. The fraction of sp³-hybridized carbons (Fsp3) is 0.154. The van der Waals surface area contributed by atoms with Crippen molar-refractivity contribution >= 4 is 34.9 Å². The summed E-state index contributed by atoms with van der Waals surface area (Å²) in [7, 11) is 0. The number of carbonyl (C=O) groups excluding carboxylic acids is 1. The van der Waals surface area contributed by atoms with Crippen molar-refractivity contribution in [3.05, 3.63) is 52.4 Å². The van der Waals surface area contributed by atoms with Crippen LogP contribution in [-0.4, -0.2) is 35.9 Å². The topological polar surface area (TPSA) is 90.5 Å². The van der Waals surface area contributed by atoms with Crippen molar-refractivity contribution in [3.8, 4) is 0 Å². The van der Waals surface area contributed by atoms with Gasteiger partial charge in [-0.2, -0.15) is 5.10 Å². The number of anilines is 1. The van der Waals surface area contributed by atoms with Crippen LogP contribution < -0.4 is 5.32 Å². The van der Waals surface area contributed by atoms with Crippen LogP contribution in [0.1, 0.15) is 5.56 Å². The highest BCUT2D eigenvalue weighted by Gasteiger charge is 2.11. The van der Waals surface area contributed by atoms with E-state index in [1.165, 1.54) is 11.0 Å². The average molecular weight is 352 g/mol. The van der Waals surface area contributed by atoms with Crippen molar-refractivity contribution in [1.82, 2.24) is 30.0 Å². The van der Waals surface area contributed by atoms with Crippen LogP contribution in [0, 0.1) is 0 Å². The van der Waals surface area contributed by atoms with Crippen LogP contribution >= 0.6 is 23.2 Å². The molecule has 0 saturated carbocycles. The number of hydrogen-bond acceptors (Lipinski definition) is 5. The number of carbonyl (C=O) groups is 1. The first-order valence-corrected chi connectivity index (χ1v) is 7.34. The van der Waals surface area contributed by atoms with Gasteiger partial charge in [0, 0.05) is 6.07 Å². The molecule has 118 valence electrons. The Morgan fingerprint density at radius 1 is 1.26 bits per heavy atom. The minimum absolute atomic E-state index is 0.0100. The van der Waals surface area contributed by atoms with Crippen LogP contribution in [0.15, 0.2) is 36.8 Å². The van der Waals surface area contributed by atoms with E-state index in [0.29, 0.717) is 22.4 Å². The molecular formula is C13H11Cl2N7O. The highest BCUT2D eigenvalue weighted by molar-refractivity contribution is 6.42. The number of nitrogens with one attached hydrogen (secondary N) is 1. The largest absolute Gasteiger partial charge is 0.309 e. The van der Waals surface area contributed by atoms with Crippen molar-refractivity contribution in [2.24, 2.45) is 0 Å².